The summed E-state index contributed by atoms with van der Waals surface area (Å²) in [6.07, 6.45) is 4.12. The first-order valence-electron chi connectivity index (χ1n) is 15.7. The van der Waals surface area contributed by atoms with Crippen molar-refractivity contribution in [2.75, 3.05) is 28.4 Å². The van der Waals surface area contributed by atoms with Gasteiger partial charge in [-0.25, -0.2) is 9.59 Å². The molecule has 0 amide bonds. The van der Waals surface area contributed by atoms with Gasteiger partial charge >= 0.3 is 23.9 Å². The van der Waals surface area contributed by atoms with Crippen LogP contribution in [0.5, 0.6) is 0 Å². The molecule has 0 saturated heterocycles. The van der Waals surface area contributed by atoms with Crippen molar-refractivity contribution in [3.8, 4) is 0 Å². The summed E-state index contributed by atoms with van der Waals surface area (Å²) in [5.74, 6) is -4.66. The summed E-state index contributed by atoms with van der Waals surface area (Å²) in [6.45, 7) is 4.11. The SMILES string of the molecule is COC(=O)C1=C(C(=O)OC)[C@@]2(C)C(c3ccccc3)=C(c3ccccc3)[C@@]1(C)[C@@H]1[C@@H]3[C@H]4C=C[C@@H]([C@H](C(=O)OC)[C@@H]4C(=O)OC)[C@@H]3[C@H]12. The maximum atomic E-state index is 14.1. The summed E-state index contributed by atoms with van der Waals surface area (Å²) in [5.41, 5.74) is 2.36. The minimum atomic E-state index is -1.01. The zero-order valence-electron chi connectivity index (χ0n) is 26.8. The van der Waals surface area contributed by atoms with Gasteiger partial charge in [0, 0.05) is 10.8 Å². The van der Waals surface area contributed by atoms with Crippen molar-refractivity contribution < 1.29 is 38.1 Å². The van der Waals surface area contributed by atoms with Crippen molar-refractivity contribution in [2.45, 2.75) is 13.8 Å². The van der Waals surface area contributed by atoms with Crippen LogP contribution in [0, 0.1) is 58.2 Å². The van der Waals surface area contributed by atoms with E-state index in [1.807, 2.05) is 60.7 Å². The second-order valence-corrected chi connectivity index (χ2v) is 13.5. The van der Waals surface area contributed by atoms with Gasteiger partial charge in [0.2, 0.25) is 0 Å². The Morgan fingerprint density at radius 3 is 1.20 bits per heavy atom. The van der Waals surface area contributed by atoms with Gasteiger partial charge in [0.15, 0.2) is 0 Å². The van der Waals surface area contributed by atoms with Gasteiger partial charge in [0.25, 0.3) is 0 Å². The predicted molar refractivity (Wildman–Crippen MR) is 168 cm³/mol. The average molecular weight is 623 g/mol. The molecular formula is C38H38O8. The Morgan fingerprint density at radius 1 is 0.543 bits per heavy atom. The Kier molecular flexibility index (Phi) is 6.92. The van der Waals surface area contributed by atoms with Crippen molar-refractivity contribution in [3.05, 3.63) is 95.1 Å². The Hall–Kier alpha value is -4.46. The third-order valence-corrected chi connectivity index (χ3v) is 12.1. The highest BCUT2D eigenvalue weighted by Gasteiger charge is 2.79. The molecule has 9 rings (SSSR count). The molecule has 7 aliphatic rings. The predicted octanol–water partition coefficient (Wildman–Crippen LogP) is 5.15. The Bertz CT molecular complexity index is 1610. The molecule has 0 N–H and O–H groups in total. The number of carbonyl (C=O) groups excluding carboxylic acids is 4. The third kappa shape index (κ3) is 3.55. The van der Waals surface area contributed by atoms with Gasteiger partial charge in [0.05, 0.1) is 51.4 Å². The van der Waals surface area contributed by atoms with Crippen molar-refractivity contribution in [1.29, 1.82) is 0 Å². The summed E-state index contributed by atoms with van der Waals surface area (Å²) in [5, 5.41) is 0. The van der Waals surface area contributed by atoms with Gasteiger partial charge in [-0.3, -0.25) is 9.59 Å². The maximum Gasteiger partial charge on any atom is 0.335 e. The first-order valence-corrected chi connectivity index (χ1v) is 15.7. The highest BCUT2D eigenvalue weighted by molar-refractivity contribution is 6.14. The fourth-order valence-corrected chi connectivity index (χ4v) is 10.8. The van der Waals surface area contributed by atoms with E-state index in [9.17, 15) is 19.2 Å². The lowest BCUT2D eigenvalue weighted by atomic mass is 9.25. The number of hydrogen-bond acceptors (Lipinski definition) is 8. The molecular weight excluding hydrogens is 584 g/mol. The van der Waals surface area contributed by atoms with Gasteiger partial charge in [-0.05, 0) is 57.8 Å². The highest BCUT2D eigenvalue weighted by Crippen LogP contribution is 2.83. The third-order valence-electron chi connectivity index (χ3n) is 12.1. The monoisotopic (exact) mass is 622 g/mol. The first-order chi connectivity index (χ1) is 22.1. The summed E-state index contributed by atoms with van der Waals surface area (Å²) in [7, 11) is 5.36. The number of rotatable bonds is 6. The number of allylic oxidation sites excluding steroid dienone is 4. The fourth-order valence-electron chi connectivity index (χ4n) is 10.8. The molecule has 10 atom stereocenters. The van der Waals surface area contributed by atoms with Crippen LogP contribution in [0.3, 0.4) is 0 Å². The minimum Gasteiger partial charge on any atom is -0.469 e. The normalized spacial score (nSPS) is 36.3. The van der Waals surface area contributed by atoms with E-state index in [0.29, 0.717) is 11.1 Å². The van der Waals surface area contributed by atoms with E-state index in [0.717, 1.165) is 22.3 Å². The lowest BCUT2D eigenvalue weighted by molar-refractivity contribution is -0.222. The average Bonchev–Trinajstić information content (AvgIpc) is 3.07. The molecule has 7 aliphatic carbocycles. The Labute approximate surface area is 268 Å². The maximum absolute atomic E-state index is 14.1. The first kappa shape index (κ1) is 30.2. The molecule has 2 aromatic rings. The van der Waals surface area contributed by atoms with Gasteiger partial charge in [-0.1, -0.05) is 86.7 Å². The van der Waals surface area contributed by atoms with Crippen LogP contribution in [0.25, 0.3) is 11.1 Å². The van der Waals surface area contributed by atoms with Crippen LogP contribution in [0.2, 0.25) is 0 Å². The number of methoxy groups -OCH3 is 4. The Morgan fingerprint density at radius 2 is 0.891 bits per heavy atom. The van der Waals surface area contributed by atoms with Gasteiger partial charge in [-0.15, -0.1) is 0 Å². The molecule has 0 spiro atoms. The number of ether oxygens (including phenoxy) is 4. The second kappa shape index (κ2) is 10.5. The van der Waals surface area contributed by atoms with Gasteiger partial charge < -0.3 is 18.9 Å². The van der Waals surface area contributed by atoms with E-state index in [1.165, 1.54) is 28.4 Å². The van der Waals surface area contributed by atoms with Crippen LogP contribution in [0.4, 0.5) is 0 Å². The molecule has 0 unspecified atom stereocenters. The van der Waals surface area contributed by atoms with E-state index in [1.54, 1.807) is 0 Å². The molecule has 2 fully saturated rings. The molecule has 0 heterocycles. The summed E-state index contributed by atoms with van der Waals surface area (Å²) < 4.78 is 21.5. The highest BCUT2D eigenvalue weighted by atomic mass is 16.5. The van der Waals surface area contributed by atoms with Crippen molar-refractivity contribution in [2.24, 2.45) is 58.2 Å². The fraction of sp³-hybridized carbons (Fsp3) is 0.421. The molecule has 8 heteroatoms. The van der Waals surface area contributed by atoms with Crippen LogP contribution in [-0.2, 0) is 38.1 Å². The summed E-state index contributed by atoms with van der Waals surface area (Å²) in [4.78, 5) is 55.0. The summed E-state index contributed by atoms with van der Waals surface area (Å²) >= 11 is 0. The van der Waals surface area contributed by atoms with Crippen molar-refractivity contribution in [3.63, 3.8) is 0 Å². The van der Waals surface area contributed by atoms with E-state index >= 15 is 0 Å². The largest absolute Gasteiger partial charge is 0.469 e. The molecule has 46 heavy (non-hydrogen) atoms. The van der Waals surface area contributed by atoms with E-state index in [4.69, 9.17) is 18.9 Å². The lowest BCUT2D eigenvalue weighted by Crippen LogP contribution is -2.74. The van der Waals surface area contributed by atoms with E-state index < -0.39 is 46.5 Å². The molecule has 0 aliphatic heterocycles. The molecule has 4 bridgehead atoms. The van der Waals surface area contributed by atoms with Gasteiger partial charge in [-0.2, -0.15) is 0 Å². The molecule has 8 nitrogen and oxygen atoms in total. The quantitative estimate of drug-likeness (QED) is 0.248. The van der Waals surface area contributed by atoms with Crippen LogP contribution < -0.4 is 0 Å². The van der Waals surface area contributed by atoms with Crippen molar-refractivity contribution in [1.82, 2.24) is 0 Å². The van der Waals surface area contributed by atoms with Crippen LogP contribution in [-0.4, -0.2) is 52.3 Å². The topological polar surface area (TPSA) is 105 Å². The van der Waals surface area contributed by atoms with Crippen molar-refractivity contribution >= 4 is 35.0 Å². The number of benzene rings is 2. The van der Waals surface area contributed by atoms with Crippen LogP contribution in [0.1, 0.15) is 25.0 Å². The number of hydrogen-bond donors (Lipinski definition) is 0. The smallest absolute Gasteiger partial charge is 0.335 e. The molecule has 0 aromatic heterocycles. The summed E-state index contributed by atoms with van der Waals surface area (Å²) in [6, 6.07) is 20.0. The molecule has 0 radical (unpaired) electrons. The zero-order chi connectivity index (χ0) is 32.7. The standard InChI is InChI=1S/C38H38O8/c1-37-27(19-13-9-7-10-14-19)28(20-15-11-8-12-16-20)38(2,32(36(42)46-6)31(37)35(41)45-5)30-24-22-18-17-21(23(24)29(30)37)25(33(39)43-3)26(22)34(40)44-4/h7-18,21-26,29-30H,1-6H3/t21-,22-,23-,24+,25-,26+,29-,30-,37+,38+/m1/s1. The number of carbonyl (C=O) groups is 4. The second-order valence-electron chi connectivity index (χ2n) is 13.5. The Balaban J connectivity index is 1.59. The molecule has 238 valence electrons. The van der Waals surface area contributed by atoms with Crippen LogP contribution in [0.15, 0.2) is 84.0 Å². The molecule has 2 saturated carbocycles. The lowest BCUT2D eigenvalue weighted by Gasteiger charge is -2.76. The van der Waals surface area contributed by atoms with Crippen LogP contribution >= 0.6 is 0 Å². The molecule has 2 aromatic carbocycles. The minimum absolute atomic E-state index is 0.0794. The van der Waals surface area contributed by atoms with E-state index in [2.05, 4.69) is 26.0 Å². The number of fused-ring (bicyclic) bond motifs is 1. The zero-order valence-corrected chi connectivity index (χ0v) is 26.8. The van der Waals surface area contributed by atoms with Gasteiger partial charge in [0.1, 0.15) is 0 Å². The number of esters is 4. The van der Waals surface area contributed by atoms with E-state index in [-0.39, 0.29) is 35.5 Å².